The summed E-state index contributed by atoms with van der Waals surface area (Å²) >= 11 is 0. The van der Waals surface area contributed by atoms with Crippen LogP contribution in [0.4, 0.5) is 0 Å². The summed E-state index contributed by atoms with van der Waals surface area (Å²) in [6, 6.07) is 18.3. The van der Waals surface area contributed by atoms with Gasteiger partial charge in [0.2, 0.25) is 5.91 Å². The van der Waals surface area contributed by atoms with Crippen molar-refractivity contribution < 1.29 is 9.59 Å². The Bertz CT molecular complexity index is 1070. The van der Waals surface area contributed by atoms with Crippen LogP contribution >= 0.6 is 0 Å². The Morgan fingerprint density at radius 2 is 1.52 bits per heavy atom. The van der Waals surface area contributed by atoms with Crippen molar-refractivity contribution in [3.05, 3.63) is 65.9 Å². The highest BCUT2D eigenvalue weighted by Crippen LogP contribution is 2.31. The molecule has 5 heteroatoms. The van der Waals surface area contributed by atoms with Gasteiger partial charge in [-0.2, -0.15) is 0 Å². The Morgan fingerprint density at radius 1 is 0.862 bits per heavy atom. The summed E-state index contributed by atoms with van der Waals surface area (Å²) in [6.45, 7) is 4.61. The standard InChI is InChI=1S/C24H25N3O2/c1-17-16-20-4-2-3-5-22(20)27(17)21-10-8-19(9-11-21)24(29)26-14-12-25(13-15-26)23(28)18-6-7-18/h2-5,8-11,16,18H,6-7,12-15H2,1H3. The first kappa shape index (κ1) is 18.0. The molecule has 2 fully saturated rings. The van der Waals surface area contributed by atoms with Gasteiger partial charge in [-0.05, 0) is 56.2 Å². The van der Waals surface area contributed by atoms with E-state index in [0.717, 1.165) is 18.5 Å². The zero-order valence-corrected chi connectivity index (χ0v) is 16.7. The van der Waals surface area contributed by atoms with Crippen molar-refractivity contribution in [3.63, 3.8) is 0 Å². The third kappa shape index (κ3) is 3.31. The summed E-state index contributed by atoms with van der Waals surface area (Å²) in [7, 11) is 0. The zero-order chi connectivity index (χ0) is 20.0. The quantitative estimate of drug-likeness (QED) is 0.689. The highest BCUT2D eigenvalue weighted by atomic mass is 16.2. The van der Waals surface area contributed by atoms with Gasteiger partial charge >= 0.3 is 0 Å². The number of nitrogens with zero attached hydrogens (tertiary/aromatic N) is 3. The summed E-state index contributed by atoms with van der Waals surface area (Å²) in [4.78, 5) is 28.9. The molecule has 29 heavy (non-hydrogen) atoms. The third-order valence-corrected chi connectivity index (χ3v) is 6.07. The van der Waals surface area contributed by atoms with Crippen LogP contribution in [0.25, 0.3) is 16.6 Å². The van der Waals surface area contributed by atoms with Gasteiger partial charge in [0.25, 0.3) is 5.91 Å². The van der Waals surface area contributed by atoms with Gasteiger partial charge in [0.1, 0.15) is 0 Å². The molecule has 0 unspecified atom stereocenters. The Morgan fingerprint density at radius 3 is 2.21 bits per heavy atom. The smallest absolute Gasteiger partial charge is 0.253 e. The second kappa shape index (κ2) is 7.07. The van der Waals surface area contributed by atoms with Crippen LogP contribution < -0.4 is 0 Å². The first-order chi connectivity index (χ1) is 14.1. The number of aromatic nitrogens is 1. The number of hydrogen-bond donors (Lipinski definition) is 0. The fourth-order valence-corrected chi connectivity index (χ4v) is 4.29. The molecule has 148 valence electrons. The number of piperazine rings is 1. The molecular weight excluding hydrogens is 362 g/mol. The van der Waals surface area contributed by atoms with Crippen LogP contribution in [-0.2, 0) is 4.79 Å². The summed E-state index contributed by atoms with van der Waals surface area (Å²) in [5, 5.41) is 1.21. The number of rotatable bonds is 3. The molecular formula is C24H25N3O2. The molecule has 3 aromatic rings. The molecule has 2 aromatic carbocycles. The summed E-state index contributed by atoms with van der Waals surface area (Å²) < 4.78 is 2.21. The molecule has 1 aromatic heterocycles. The molecule has 5 rings (SSSR count). The number of carbonyl (C=O) groups is 2. The van der Waals surface area contributed by atoms with Crippen molar-refractivity contribution in [2.75, 3.05) is 26.2 Å². The van der Waals surface area contributed by atoms with E-state index in [0.29, 0.717) is 31.7 Å². The molecule has 1 aliphatic heterocycles. The summed E-state index contributed by atoms with van der Waals surface area (Å²) in [5.41, 5.74) is 4.09. The Kier molecular flexibility index (Phi) is 4.38. The molecule has 0 spiro atoms. The minimum atomic E-state index is 0.0455. The summed E-state index contributed by atoms with van der Waals surface area (Å²) in [6.07, 6.45) is 2.06. The minimum Gasteiger partial charge on any atom is -0.339 e. The SMILES string of the molecule is Cc1cc2ccccc2n1-c1ccc(C(=O)N2CCN(C(=O)C3CC3)CC2)cc1. The molecule has 1 saturated carbocycles. The molecule has 2 amide bonds. The number of hydrogen-bond acceptors (Lipinski definition) is 2. The van der Waals surface area contributed by atoms with Gasteiger partial charge in [0.05, 0.1) is 5.52 Å². The molecule has 0 bridgehead atoms. The van der Waals surface area contributed by atoms with E-state index in [-0.39, 0.29) is 17.7 Å². The van der Waals surface area contributed by atoms with Crippen LogP contribution in [0.2, 0.25) is 0 Å². The lowest BCUT2D eigenvalue weighted by atomic mass is 10.1. The fourth-order valence-electron chi connectivity index (χ4n) is 4.29. The largest absolute Gasteiger partial charge is 0.339 e. The van der Waals surface area contributed by atoms with Crippen LogP contribution in [0, 0.1) is 12.8 Å². The van der Waals surface area contributed by atoms with Gasteiger partial charge < -0.3 is 14.4 Å². The molecule has 0 N–H and O–H groups in total. The van der Waals surface area contributed by atoms with Gasteiger partial charge in [-0.25, -0.2) is 0 Å². The number of amides is 2. The highest BCUT2D eigenvalue weighted by molar-refractivity contribution is 5.95. The Hall–Kier alpha value is -3.08. The van der Waals surface area contributed by atoms with Crippen molar-refractivity contribution in [2.24, 2.45) is 5.92 Å². The van der Waals surface area contributed by atoms with E-state index in [1.807, 2.05) is 46.2 Å². The van der Waals surface area contributed by atoms with E-state index in [4.69, 9.17) is 0 Å². The van der Waals surface area contributed by atoms with Gasteiger partial charge in [-0.1, -0.05) is 18.2 Å². The molecule has 1 aliphatic carbocycles. The number of aryl methyl sites for hydroxylation is 1. The zero-order valence-electron chi connectivity index (χ0n) is 16.7. The molecule has 0 atom stereocenters. The predicted octanol–water partition coefficient (Wildman–Crippen LogP) is 3.63. The average Bonchev–Trinajstić information content (AvgIpc) is 3.55. The average molecular weight is 387 g/mol. The topological polar surface area (TPSA) is 45.6 Å². The van der Waals surface area contributed by atoms with Crippen LogP contribution in [0.1, 0.15) is 28.9 Å². The van der Waals surface area contributed by atoms with E-state index >= 15 is 0 Å². The number of para-hydroxylation sites is 1. The van der Waals surface area contributed by atoms with Crippen LogP contribution in [0.3, 0.4) is 0 Å². The second-order valence-electron chi connectivity index (χ2n) is 8.12. The molecule has 2 heterocycles. The molecule has 5 nitrogen and oxygen atoms in total. The normalized spacial score (nSPS) is 17.0. The van der Waals surface area contributed by atoms with E-state index < -0.39 is 0 Å². The second-order valence-corrected chi connectivity index (χ2v) is 8.12. The molecule has 1 saturated heterocycles. The lowest BCUT2D eigenvalue weighted by molar-refractivity contribution is -0.134. The van der Waals surface area contributed by atoms with Crippen molar-refractivity contribution in [1.29, 1.82) is 0 Å². The van der Waals surface area contributed by atoms with Gasteiger partial charge in [-0.3, -0.25) is 9.59 Å². The third-order valence-electron chi connectivity index (χ3n) is 6.07. The van der Waals surface area contributed by atoms with Crippen LogP contribution in [0.5, 0.6) is 0 Å². The first-order valence-electron chi connectivity index (χ1n) is 10.4. The number of benzene rings is 2. The Balaban J connectivity index is 1.31. The monoisotopic (exact) mass is 387 g/mol. The maximum absolute atomic E-state index is 12.9. The van der Waals surface area contributed by atoms with E-state index in [9.17, 15) is 9.59 Å². The first-order valence-corrected chi connectivity index (χ1v) is 10.4. The van der Waals surface area contributed by atoms with E-state index in [1.165, 1.54) is 16.6 Å². The lowest BCUT2D eigenvalue weighted by Crippen LogP contribution is -2.51. The van der Waals surface area contributed by atoms with Crippen molar-refractivity contribution in [2.45, 2.75) is 19.8 Å². The van der Waals surface area contributed by atoms with E-state index in [1.54, 1.807) is 0 Å². The van der Waals surface area contributed by atoms with Crippen molar-refractivity contribution in [1.82, 2.24) is 14.4 Å². The Labute approximate surface area is 170 Å². The van der Waals surface area contributed by atoms with Gasteiger partial charge in [0.15, 0.2) is 0 Å². The van der Waals surface area contributed by atoms with Crippen molar-refractivity contribution in [3.8, 4) is 5.69 Å². The molecule has 2 aliphatic rings. The fraction of sp³-hybridized carbons (Fsp3) is 0.333. The highest BCUT2D eigenvalue weighted by Gasteiger charge is 2.35. The van der Waals surface area contributed by atoms with Crippen LogP contribution in [-0.4, -0.2) is 52.4 Å². The molecule has 0 radical (unpaired) electrons. The van der Waals surface area contributed by atoms with Crippen LogP contribution in [0.15, 0.2) is 54.6 Å². The lowest BCUT2D eigenvalue weighted by Gasteiger charge is -2.35. The summed E-state index contributed by atoms with van der Waals surface area (Å²) in [5.74, 6) is 0.568. The maximum atomic E-state index is 12.9. The number of fused-ring (bicyclic) bond motifs is 1. The maximum Gasteiger partial charge on any atom is 0.253 e. The predicted molar refractivity (Wildman–Crippen MR) is 113 cm³/mol. The minimum absolute atomic E-state index is 0.0455. The van der Waals surface area contributed by atoms with Gasteiger partial charge in [-0.15, -0.1) is 0 Å². The van der Waals surface area contributed by atoms with E-state index in [2.05, 4.69) is 29.7 Å². The van der Waals surface area contributed by atoms with Crippen molar-refractivity contribution >= 4 is 22.7 Å². The number of carbonyl (C=O) groups excluding carboxylic acids is 2. The van der Waals surface area contributed by atoms with Gasteiger partial charge in [0, 0.05) is 54.4 Å².